The predicted octanol–water partition coefficient (Wildman–Crippen LogP) is 5.88. The smallest absolute Gasteiger partial charge is 0.425 e. The molecular weight excluding hydrogens is 497 g/mol. The standard InChI is InChI=1S/C23H19ClF5N3O3/c1-11(23(27,28)29)35-18-8-12(17-9-31-19(10-30-17)22(2,3)34)16(26)7-13(18)21(33)32-20-14(24)5-4-6-15(20)25/h4-11,34H,1-3H3,(H,32,33). The number of benzene rings is 2. The Kier molecular flexibility index (Phi) is 7.32. The monoisotopic (exact) mass is 515 g/mol. The van der Waals surface area contributed by atoms with Crippen LogP contribution >= 0.6 is 11.6 Å². The number of nitrogens with one attached hydrogen (secondary N) is 1. The SMILES string of the molecule is CC(Oc1cc(-c2cnc(C(C)(C)O)cn2)c(F)cc1C(=O)Nc1c(F)cccc1Cl)C(F)(F)F. The van der Waals surface area contributed by atoms with Crippen LogP contribution in [-0.2, 0) is 5.60 Å². The number of aliphatic hydroxyl groups is 1. The molecule has 1 amide bonds. The Morgan fingerprint density at radius 1 is 1.11 bits per heavy atom. The second-order valence-corrected chi connectivity index (χ2v) is 8.43. The average molecular weight is 516 g/mol. The van der Waals surface area contributed by atoms with Gasteiger partial charge in [0, 0.05) is 5.56 Å². The third-order valence-corrected chi connectivity index (χ3v) is 5.15. The number of ether oxygens (including phenoxy) is 1. The summed E-state index contributed by atoms with van der Waals surface area (Å²) in [5.41, 5.74) is -2.65. The van der Waals surface area contributed by atoms with Crippen LogP contribution in [0.25, 0.3) is 11.3 Å². The largest absolute Gasteiger partial charge is 0.480 e. The van der Waals surface area contributed by atoms with Crippen molar-refractivity contribution >= 4 is 23.2 Å². The molecule has 0 fully saturated rings. The van der Waals surface area contributed by atoms with Gasteiger partial charge in [0.25, 0.3) is 5.91 Å². The van der Waals surface area contributed by atoms with Crippen LogP contribution in [0.4, 0.5) is 27.6 Å². The number of carbonyl (C=O) groups excluding carboxylic acids is 1. The average Bonchev–Trinajstić information content (AvgIpc) is 2.76. The Hall–Kier alpha value is -3.31. The van der Waals surface area contributed by atoms with Crippen molar-refractivity contribution in [1.29, 1.82) is 0 Å². The maximum atomic E-state index is 15.0. The number of hydrogen-bond donors (Lipinski definition) is 2. The molecule has 0 saturated carbocycles. The molecule has 0 bridgehead atoms. The summed E-state index contributed by atoms with van der Waals surface area (Å²) in [6.07, 6.45) is -4.88. The minimum atomic E-state index is -4.80. The van der Waals surface area contributed by atoms with Crippen LogP contribution in [0.2, 0.25) is 5.02 Å². The second-order valence-electron chi connectivity index (χ2n) is 8.03. The first-order chi connectivity index (χ1) is 16.2. The fraction of sp³-hybridized carbons (Fsp3) is 0.261. The second kappa shape index (κ2) is 9.74. The molecule has 0 spiro atoms. The number of alkyl halides is 3. The van der Waals surface area contributed by atoms with E-state index in [4.69, 9.17) is 16.3 Å². The van der Waals surface area contributed by atoms with Crippen LogP contribution in [0.15, 0.2) is 42.7 Å². The summed E-state index contributed by atoms with van der Waals surface area (Å²) in [6.45, 7) is 3.62. The quantitative estimate of drug-likeness (QED) is 0.400. The number of nitrogens with zero attached hydrogens (tertiary/aromatic N) is 2. The molecule has 0 radical (unpaired) electrons. The number of rotatable bonds is 6. The van der Waals surface area contributed by atoms with Gasteiger partial charge in [-0.1, -0.05) is 17.7 Å². The molecule has 2 N–H and O–H groups in total. The molecule has 3 rings (SSSR count). The van der Waals surface area contributed by atoms with E-state index in [1.54, 1.807) is 0 Å². The molecule has 1 atom stereocenters. The molecule has 3 aromatic rings. The number of amides is 1. The van der Waals surface area contributed by atoms with Gasteiger partial charge >= 0.3 is 6.18 Å². The van der Waals surface area contributed by atoms with Gasteiger partial charge in [-0.05, 0) is 45.0 Å². The van der Waals surface area contributed by atoms with Crippen molar-refractivity contribution in [3.8, 4) is 17.0 Å². The molecule has 6 nitrogen and oxygen atoms in total. The Balaban J connectivity index is 2.08. The van der Waals surface area contributed by atoms with Gasteiger partial charge in [-0.3, -0.25) is 14.8 Å². The van der Waals surface area contributed by atoms with Gasteiger partial charge in [0.2, 0.25) is 0 Å². The van der Waals surface area contributed by atoms with Gasteiger partial charge in [-0.2, -0.15) is 13.2 Å². The fourth-order valence-corrected chi connectivity index (χ4v) is 3.07. The molecule has 2 aromatic carbocycles. The Morgan fingerprint density at radius 2 is 1.80 bits per heavy atom. The zero-order valence-electron chi connectivity index (χ0n) is 18.5. The van der Waals surface area contributed by atoms with E-state index in [2.05, 4.69) is 15.3 Å². The van der Waals surface area contributed by atoms with E-state index >= 15 is 4.39 Å². The van der Waals surface area contributed by atoms with E-state index in [-0.39, 0.29) is 22.0 Å². The lowest BCUT2D eigenvalue weighted by molar-refractivity contribution is -0.189. The minimum absolute atomic E-state index is 0.0934. The highest BCUT2D eigenvalue weighted by atomic mass is 35.5. The highest BCUT2D eigenvalue weighted by molar-refractivity contribution is 6.34. The van der Waals surface area contributed by atoms with Crippen LogP contribution in [0.5, 0.6) is 5.75 Å². The van der Waals surface area contributed by atoms with Crippen LogP contribution < -0.4 is 10.1 Å². The van der Waals surface area contributed by atoms with Crippen LogP contribution in [0.3, 0.4) is 0 Å². The Morgan fingerprint density at radius 3 is 2.34 bits per heavy atom. The first kappa shape index (κ1) is 26.3. The van der Waals surface area contributed by atoms with Gasteiger partial charge < -0.3 is 15.2 Å². The minimum Gasteiger partial charge on any atom is -0.480 e. The van der Waals surface area contributed by atoms with Crippen LogP contribution in [0, 0.1) is 11.6 Å². The molecule has 1 unspecified atom stereocenters. The molecule has 0 aliphatic rings. The van der Waals surface area contributed by atoms with Crippen molar-refractivity contribution in [2.24, 2.45) is 0 Å². The van der Waals surface area contributed by atoms with Gasteiger partial charge in [0.1, 0.15) is 23.0 Å². The van der Waals surface area contributed by atoms with Gasteiger partial charge in [0.15, 0.2) is 6.10 Å². The van der Waals surface area contributed by atoms with Crippen molar-refractivity contribution in [2.75, 3.05) is 5.32 Å². The molecule has 1 aromatic heterocycles. The van der Waals surface area contributed by atoms with E-state index in [0.29, 0.717) is 13.0 Å². The molecular formula is C23H19ClF5N3O3. The van der Waals surface area contributed by atoms with Crippen molar-refractivity contribution < 1.29 is 36.6 Å². The third-order valence-electron chi connectivity index (χ3n) is 4.83. The number of anilines is 1. The topological polar surface area (TPSA) is 84.3 Å². The summed E-state index contributed by atoms with van der Waals surface area (Å²) in [5, 5.41) is 11.9. The molecule has 0 aliphatic heterocycles. The van der Waals surface area contributed by atoms with Crippen LogP contribution in [0.1, 0.15) is 36.8 Å². The summed E-state index contributed by atoms with van der Waals surface area (Å²) in [7, 11) is 0. The van der Waals surface area contributed by atoms with E-state index in [1.165, 1.54) is 32.2 Å². The zero-order valence-corrected chi connectivity index (χ0v) is 19.3. The lowest BCUT2D eigenvalue weighted by Crippen LogP contribution is -2.32. The number of aromatic nitrogens is 2. The first-order valence-electron chi connectivity index (χ1n) is 10.1. The molecule has 0 saturated heterocycles. The summed E-state index contributed by atoms with van der Waals surface area (Å²) >= 11 is 5.88. The summed E-state index contributed by atoms with van der Waals surface area (Å²) < 4.78 is 73.5. The lowest BCUT2D eigenvalue weighted by atomic mass is 10.0. The highest BCUT2D eigenvalue weighted by Crippen LogP contribution is 2.34. The van der Waals surface area contributed by atoms with Gasteiger partial charge in [0.05, 0.1) is 40.1 Å². The third kappa shape index (κ3) is 6.04. The van der Waals surface area contributed by atoms with Gasteiger partial charge in [-0.25, -0.2) is 8.78 Å². The first-order valence-corrected chi connectivity index (χ1v) is 10.4. The van der Waals surface area contributed by atoms with Gasteiger partial charge in [-0.15, -0.1) is 0 Å². The maximum absolute atomic E-state index is 15.0. The molecule has 0 aliphatic carbocycles. The van der Waals surface area contributed by atoms with Crippen molar-refractivity contribution in [3.63, 3.8) is 0 Å². The fourth-order valence-electron chi connectivity index (χ4n) is 2.86. The number of hydrogen-bond acceptors (Lipinski definition) is 5. The maximum Gasteiger partial charge on any atom is 0.425 e. The number of halogens is 6. The Bertz CT molecular complexity index is 1220. The lowest BCUT2D eigenvalue weighted by Gasteiger charge is -2.21. The van der Waals surface area contributed by atoms with Crippen molar-refractivity contribution in [1.82, 2.24) is 9.97 Å². The molecule has 12 heteroatoms. The Labute approximate surface area is 201 Å². The molecule has 1 heterocycles. The molecule has 186 valence electrons. The number of para-hydroxylation sites is 1. The summed E-state index contributed by atoms with van der Waals surface area (Å²) in [5.74, 6) is -3.73. The zero-order chi connectivity index (χ0) is 26.1. The van der Waals surface area contributed by atoms with Crippen LogP contribution in [-0.4, -0.2) is 33.3 Å². The normalized spacial score (nSPS) is 12.9. The van der Waals surface area contributed by atoms with E-state index in [0.717, 1.165) is 18.3 Å². The highest BCUT2D eigenvalue weighted by Gasteiger charge is 2.39. The number of carbonyl (C=O) groups is 1. The molecule has 35 heavy (non-hydrogen) atoms. The van der Waals surface area contributed by atoms with Crippen molar-refractivity contribution in [2.45, 2.75) is 38.7 Å². The van der Waals surface area contributed by atoms with E-state index in [1.807, 2.05) is 0 Å². The van der Waals surface area contributed by atoms with E-state index < -0.39 is 52.4 Å². The summed E-state index contributed by atoms with van der Waals surface area (Å²) in [6, 6.07) is 5.07. The van der Waals surface area contributed by atoms with Crippen molar-refractivity contribution in [3.05, 3.63) is 70.6 Å². The predicted molar refractivity (Wildman–Crippen MR) is 118 cm³/mol. The summed E-state index contributed by atoms with van der Waals surface area (Å²) in [4.78, 5) is 20.8. The van der Waals surface area contributed by atoms with E-state index in [9.17, 15) is 27.5 Å².